The lowest BCUT2D eigenvalue weighted by Crippen LogP contribution is -2.43. The first-order chi connectivity index (χ1) is 17.1. The van der Waals surface area contributed by atoms with Gasteiger partial charge >= 0.3 is 0 Å². The Morgan fingerprint density at radius 1 is 1.11 bits per heavy atom. The lowest BCUT2D eigenvalue weighted by atomic mass is 10.0. The van der Waals surface area contributed by atoms with E-state index in [4.69, 9.17) is 11.6 Å². The maximum Gasteiger partial charge on any atom is 0.234 e. The number of amides is 1. The second-order valence-electron chi connectivity index (χ2n) is 9.18. The smallest absolute Gasteiger partial charge is 0.234 e. The van der Waals surface area contributed by atoms with E-state index in [1.807, 2.05) is 42.5 Å². The average Bonchev–Trinajstić information content (AvgIpc) is 3.32. The van der Waals surface area contributed by atoms with Crippen LogP contribution in [0.1, 0.15) is 26.2 Å². The van der Waals surface area contributed by atoms with Crippen molar-refractivity contribution >= 4 is 40.9 Å². The molecule has 2 aliphatic heterocycles. The zero-order valence-electron chi connectivity index (χ0n) is 20.0. The number of aliphatic imine (C=N–C) groups is 1. The van der Waals surface area contributed by atoms with Crippen molar-refractivity contribution in [3.63, 3.8) is 0 Å². The van der Waals surface area contributed by atoms with Crippen LogP contribution in [0.3, 0.4) is 0 Å². The third-order valence-corrected chi connectivity index (χ3v) is 6.98. The zero-order valence-corrected chi connectivity index (χ0v) is 20.7. The molecule has 1 fully saturated rings. The molecule has 8 heteroatoms. The van der Waals surface area contributed by atoms with Crippen LogP contribution in [0.25, 0.3) is 11.1 Å². The monoisotopic (exact) mass is 490 g/mol. The normalized spacial score (nSPS) is 17.9. The Kier molecular flexibility index (Phi) is 7.16. The quantitative estimate of drug-likeness (QED) is 0.480. The van der Waals surface area contributed by atoms with Gasteiger partial charge in [0, 0.05) is 35.9 Å². The molecular formula is C27H31ClN6O. The number of piperidine rings is 1. The molecule has 1 aromatic heterocycles. The van der Waals surface area contributed by atoms with Crippen molar-refractivity contribution in [1.29, 1.82) is 0 Å². The van der Waals surface area contributed by atoms with Crippen molar-refractivity contribution in [1.82, 2.24) is 15.1 Å². The molecule has 7 nitrogen and oxygen atoms in total. The topological polar surface area (TPSA) is 74.6 Å². The van der Waals surface area contributed by atoms with Gasteiger partial charge in [-0.1, -0.05) is 42.8 Å². The van der Waals surface area contributed by atoms with Gasteiger partial charge in [0.25, 0.3) is 0 Å². The Labute approximate surface area is 211 Å². The number of para-hydroxylation sites is 2. The van der Waals surface area contributed by atoms with Crippen LogP contribution in [0.2, 0.25) is 5.02 Å². The van der Waals surface area contributed by atoms with E-state index in [1.165, 1.54) is 0 Å². The highest BCUT2D eigenvalue weighted by molar-refractivity contribution is 6.30. The lowest BCUT2D eigenvalue weighted by Gasteiger charge is -2.35. The number of carbonyl (C=O) groups is 1. The Hall–Kier alpha value is -3.16. The van der Waals surface area contributed by atoms with E-state index < -0.39 is 5.92 Å². The van der Waals surface area contributed by atoms with Crippen LogP contribution in [0, 0.1) is 5.92 Å². The van der Waals surface area contributed by atoms with Gasteiger partial charge in [0.15, 0.2) is 5.82 Å². The van der Waals surface area contributed by atoms with Crippen LogP contribution < -0.4 is 15.5 Å². The van der Waals surface area contributed by atoms with Crippen molar-refractivity contribution in [3.8, 4) is 11.1 Å². The van der Waals surface area contributed by atoms with E-state index in [9.17, 15) is 4.79 Å². The molecule has 3 heterocycles. The molecular weight excluding hydrogens is 460 g/mol. The van der Waals surface area contributed by atoms with Crippen LogP contribution in [0.4, 0.5) is 17.2 Å². The standard InChI is InChI=1S/C27H31ClN6O/c1-2-13-29-22-11-14-33(15-12-22)25-6-4-3-5-24(25)32-27(35)20-16-30-26-23(17-31-34(26)18-20)19-7-9-21(28)10-8-19/h3-10,16-17,20,22,29H,2,11-15,18H2,1H3,(H,32,35). The summed E-state index contributed by atoms with van der Waals surface area (Å²) >= 11 is 6.02. The minimum absolute atomic E-state index is 0.0742. The van der Waals surface area contributed by atoms with Gasteiger partial charge in [-0.2, -0.15) is 5.10 Å². The number of halogens is 1. The molecule has 1 saturated heterocycles. The summed E-state index contributed by atoms with van der Waals surface area (Å²) < 4.78 is 1.80. The number of carbonyl (C=O) groups excluding carboxylic acids is 1. The summed E-state index contributed by atoms with van der Waals surface area (Å²) in [6.45, 7) is 5.67. The van der Waals surface area contributed by atoms with Gasteiger partial charge in [-0.3, -0.25) is 4.79 Å². The largest absolute Gasteiger partial charge is 0.370 e. The molecule has 3 aromatic rings. The molecule has 2 aromatic carbocycles. The maximum atomic E-state index is 13.2. The molecule has 1 unspecified atom stereocenters. The summed E-state index contributed by atoms with van der Waals surface area (Å²) in [5.74, 6) is 0.295. The Morgan fingerprint density at radius 2 is 1.89 bits per heavy atom. The summed E-state index contributed by atoms with van der Waals surface area (Å²) in [6, 6.07) is 16.3. The van der Waals surface area contributed by atoms with E-state index in [1.54, 1.807) is 17.1 Å². The van der Waals surface area contributed by atoms with Gasteiger partial charge in [-0.15, -0.1) is 0 Å². The fourth-order valence-electron chi connectivity index (χ4n) is 4.78. The number of aromatic nitrogens is 2. The highest BCUT2D eigenvalue weighted by Crippen LogP contribution is 2.34. The number of rotatable bonds is 7. The van der Waals surface area contributed by atoms with Crippen LogP contribution in [-0.4, -0.2) is 47.6 Å². The Bertz CT molecular complexity index is 1200. The van der Waals surface area contributed by atoms with Crippen molar-refractivity contribution in [2.24, 2.45) is 10.9 Å². The molecule has 0 bridgehead atoms. The number of hydrogen-bond donors (Lipinski definition) is 2. The minimum Gasteiger partial charge on any atom is -0.370 e. The van der Waals surface area contributed by atoms with E-state index in [-0.39, 0.29) is 5.91 Å². The first-order valence-electron chi connectivity index (χ1n) is 12.4. The molecule has 2 N–H and O–H groups in total. The van der Waals surface area contributed by atoms with Crippen molar-refractivity contribution in [3.05, 3.63) is 59.8 Å². The van der Waals surface area contributed by atoms with E-state index >= 15 is 0 Å². The fourth-order valence-corrected chi connectivity index (χ4v) is 4.91. The maximum absolute atomic E-state index is 13.2. The van der Waals surface area contributed by atoms with Gasteiger partial charge in [-0.05, 0) is 55.6 Å². The van der Waals surface area contributed by atoms with Crippen molar-refractivity contribution in [2.45, 2.75) is 38.8 Å². The average molecular weight is 491 g/mol. The molecule has 182 valence electrons. The zero-order chi connectivity index (χ0) is 24.2. The van der Waals surface area contributed by atoms with Crippen LogP contribution in [0.15, 0.2) is 59.7 Å². The molecule has 35 heavy (non-hydrogen) atoms. The molecule has 0 spiro atoms. The third kappa shape index (κ3) is 5.26. The third-order valence-electron chi connectivity index (χ3n) is 6.73. The van der Waals surface area contributed by atoms with E-state index in [0.29, 0.717) is 17.6 Å². The number of nitrogens with zero attached hydrogens (tertiary/aromatic N) is 4. The summed E-state index contributed by atoms with van der Waals surface area (Å²) in [5.41, 5.74) is 3.85. The summed E-state index contributed by atoms with van der Waals surface area (Å²) in [4.78, 5) is 20.2. The van der Waals surface area contributed by atoms with Gasteiger partial charge in [0.2, 0.25) is 5.91 Å². The molecule has 2 aliphatic rings. The second kappa shape index (κ2) is 10.6. The summed E-state index contributed by atoms with van der Waals surface area (Å²) in [7, 11) is 0. The Balaban J connectivity index is 1.25. The van der Waals surface area contributed by atoms with Gasteiger partial charge in [0.1, 0.15) is 0 Å². The second-order valence-corrected chi connectivity index (χ2v) is 9.61. The summed E-state index contributed by atoms with van der Waals surface area (Å²) in [5, 5.41) is 12.0. The highest BCUT2D eigenvalue weighted by atomic mass is 35.5. The highest BCUT2D eigenvalue weighted by Gasteiger charge is 2.26. The van der Waals surface area contributed by atoms with Crippen LogP contribution in [-0.2, 0) is 11.3 Å². The SMILES string of the molecule is CCCNC1CCN(c2ccccc2NC(=O)C2C=Nc3c(-c4ccc(Cl)cc4)cnn3C2)CC1. The predicted octanol–water partition coefficient (Wildman–Crippen LogP) is 5.14. The number of benzene rings is 2. The van der Waals surface area contributed by atoms with Crippen LogP contribution in [0.5, 0.6) is 0 Å². The predicted molar refractivity (Wildman–Crippen MR) is 143 cm³/mol. The molecule has 1 amide bonds. The number of nitrogens with one attached hydrogen (secondary N) is 2. The molecule has 5 rings (SSSR count). The Morgan fingerprint density at radius 3 is 2.66 bits per heavy atom. The number of fused-ring (bicyclic) bond motifs is 1. The number of anilines is 2. The number of hydrogen-bond acceptors (Lipinski definition) is 5. The van der Waals surface area contributed by atoms with Gasteiger partial charge in [-0.25, -0.2) is 9.67 Å². The van der Waals surface area contributed by atoms with Gasteiger partial charge < -0.3 is 15.5 Å². The van der Waals surface area contributed by atoms with Crippen molar-refractivity contribution in [2.75, 3.05) is 29.9 Å². The molecule has 0 radical (unpaired) electrons. The van der Waals surface area contributed by atoms with Gasteiger partial charge in [0.05, 0.1) is 30.0 Å². The van der Waals surface area contributed by atoms with Crippen molar-refractivity contribution < 1.29 is 4.79 Å². The minimum atomic E-state index is -0.391. The first kappa shape index (κ1) is 23.6. The van der Waals surface area contributed by atoms with Crippen LogP contribution >= 0.6 is 11.6 Å². The van der Waals surface area contributed by atoms with E-state index in [2.05, 4.69) is 38.6 Å². The molecule has 0 saturated carbocycles. The lowest BCUT2D eigenvalue weighted by molar-refractivity contribution is -0.118. The fraction of sp³-hybridized carbons (Fsp3) is 0.370. The summed E-state index contributed by atoms with van der Waals surface area (Å²) in [6.07, 6.45) is 6.90. The first-order valence-corrected chi connectivity index (χ1v) is 12.7. The molecule has 1 atom stereocenters. The molecule has 0 aliphatic carbocycles. The van der Waals surface area contributed by atoms with E-state index in [0.717, 1.165) is 67.2 Å².